The third-order valence-electron chi connectivity index (χ3n) is 4.62. The first-order chi connectivity index (χ1) is 15.3. The minimum atomic E-state index is -0.593. The summed E-state index contributed by atoms with van der Waals surface area (Å²) in [5.41, 5.74) is 2.00. The molecule has 0 spiro atoms. The van der Waals surface area contributed by atoms with E-state index in [1.54, 1.807) is 18.2 Å². The molecule has 3 aromatic rings. The fraction of sp³-hybridized carbons (Fsp3) is 0.0909. The molecule has 162 valence electrons. The molecule has 0 radical (unpaired) electrons. The zero-order valence-corrected chi connectivity index (χ0v) is 18.9. The number of hydrogen-bond donors (Lipinski definition) is 1. The number of amidine groups is 1. The molecular formula is C22H15Cl2N3O4S. The van der Waals surface area contributed by atoms with Crippen molar-refractivity contribution in [3.05, 3.63) is 84.9 Å². The van der Waals surface area contributed by atoms with E-state index in [2.05, 4.69) is 17.2 Å². The number of halogens is 2. The molecule has 4 rings (SSSR count). The van der Waals surface area contributed by atoms with Crippen molar-refractivity contribution < 1.29 is 14.1 Å². The molecular weight excluding hydrogens is 473 g/mol. The lowest BCUT2D eigenvalue weighted by Crippen LogP contribution is -2.19. The van der Waals surface area contributed by atoms with Gasteiger partial charge in [0.15, 0.2) is 5.17 Å². The van der Waals surface area contributed by atoms with Gasteiger partial charge in [-0.1, -0.05) is 42.3 Å². The fourth-order valence-electron chi connectivity index (χ4n) is 2.97. The predicted molar refractivity (Wildman–Crippen MR) is 127 cm³/mol. The highest BCUT2D eigenvalue weighted by molar-refractivity contribution is 8.18. The summed E-state index contributed by atoms with van der Waals surface area (Å²) >= 11 is 13.3. The Kier molecular flexibility index (Phi) is 6.36. The van der Waals surface area contributed by atoms with Crippen molar-refractivity contribution in [2.45, 2.75) is 13.3 Å². The number of furan rings is 1. The van der Waals surface area contributed by atoms with Gasteiger partial charge in [0.1, 0.15) is 16.5 Å². The molecule has 0 aliphatic carbocycles. The summed E-state index contributed by atoms with van der Waals surface area (Å²) in [5.74, 6) is 0.409. The van der Waals surface area contributed by atoms with Crippen molar-refractivity contribution in [3.8, 4) is 11.3 Å². The van der Waals surface area contributed by atoms with Crippen LogP contribution in [0, 0.1) is 10.1 Å². The number of thioether (sulfide) groups is 1. The topological polar surface area (TPSA) is 97.7 Å². The van der Waals surface area contributed by atoms with Gasteiger partial charge < -0.3 is 9.73 Å². The number of nitro groups is 1. The summed E-state index contributed by atoms with van der Waals surface area (Å²) < 4.78 is 5.75. The second-order valence-electron chi connectivity index (χ2n) is 6.74. The molecule has 32 heavy (non-hydrogen) atoms. The minimum Gasteiger partial charge on any atom is -0.457 e. The first kappa shape index (κ1) is 22.1. The van der Waals surface area contributed by atoms with Gasteiger partial charge in [-0.05, 0) is 54.1 Å². The Labute approximate surface area is 197 Å². The van der Waals surface area contributed by atoms with E-state index in [-0.39, 0.29) is 21.6 Å². The number of benzene rings is 2. The number of nitrogens with zero attached hydrogens (tertiary/aromatic N) is 2. The van der Waals surface area contributed by atoms with Gasteiger partial charge in [-0.15, -0.1) is 0 Å². The first-order valence-electron chi connectivity index (χ1n) is 9.46. The molecule has 0 atom stereocenters. The predicted octanol–water partition coefficient (Wildman–Crippen LogP) is 6.62. The van der Waals surface area contributed by atoms with E-state index in [1.807, 2.05) is 24.3 Å². The molecule has 2 aromatic carbocycles. The van der Waals surface area contributed by atoms with Crippen LogP contribution >= 0.6 is 35.0 Å². The summed E-state index contributed by atoms with van der Waals surface area (Å²) in [5, 5.41) is 14.5. The lowest BCUT2D eigenvalue weighted by atomic mass is 10.1. The highest BCUT2D eigenvalue weighted by atomic mass is 35.5. The van der Waals surface area contributed by atoms with Gasteiger partial charge in [0.05, 0.1) is 20.5 Å². The molecule has 1 aliphatic heterocycles. The lowest BCUT2D eigenvalue weighted by Gasteiger charge is -2.02. The highest BCUT2D eigenvalue weighted by Crippen LogP contribution is 2.38. The van der Waals surface area contributed by atoms with Crippen molar-refractivity contribution in [2.24, 2.45) is 4.99 Å². The average molecular weight is 488 g/mol. The number of carbonyl (C=O) groups excluding carboxylic acids is 1. The quantitative estimate of drug-likeness (QED) is 0.247. The van der Waals surface area contributed by atoms with E-state index in [0.29, 0.717) is 27.2 Å². The summed E-state index contributed by atoms with van der Waals surface area (Å²) in [6.45, 7) is 2.08. The second-order valence-corrected chi connectivity index (χ2v) is 8.59. The maximum absolute atomic E-state index is 12.3. The third-order valence-corrected chi connectivity index (χ3v) is 6.15. The SMILES string of the molecule is CCc1ccc(N=C2NC(=O)/C(=C/c3ccc(-c4cc([N+](=O)[O-])c(Cl)cc4Cl)o3)S2)cc1. The van der Waals surface area contributed by atoms with E-state index >= 15 is 0 Å². The molecule has 1 N–H and O–H groups in total. The first-order valence-corrected chi connectivity index (χ1v) is 11.0. The van der Waals surface area contributed by atoms with E-state index in [1.165, 1.54) is 29.5 Å². The van der Waals surface area contributed by atoms with E-state index in [4.69, 9.17) is 27.6 Å². The molecule has 10 heteroatoms. The van der Waals surface area contributed by atoms with Crippen LogP contribution in [0.4, 0.5) is 11.4 Å². The van der Waals surface area contributed by atoms with Crippen LogP contribution in [0.15, 0.2) is 62.8 Å². The number of aryl methyl sites for hydroxylation is 1. The van der Waals surface area contributed by atoms with Crippen LogP contribution in [0.2, 0.25) is 10.0 Å². The number of carbonyl (C=O) groups is 1. The third kappa shape index (κ3) is 4.72. The van der Waals surface area contributed by atoms with Crippen molar-refractivity contribution in [1.29, 1.82) is 0 Å². The fourth-order valence-corrected chi connectivity index (χ4v) is 4.34. The molecule has 1 saturated heterocycles. The summed E-state index contributed by atoms with van der Waals surface area (Å²) in [4.78, 5) is 27.8. The number of rotatable bonds is 5. The Balaban J connectivity index is 1.57. The molecule has 1 aliphatic rings. The van der Waals surface area contributed by atoms with Crippen molar-refractivity contribution in [2.75, 3.05) is 0 Å². The van der Waals surface area contributed by atoms with Crippen LogP contribution in [-0.2, 0) is 11.2 Å². The number of hydrogen-bond acceptors (Lipinski definition) is 6. The van der Waals surface area contributed by atoms with Crippen molar-refractivity contribution in [1.82, 2.24) is 5.32 Å². The van der Waals surface area contributed by atoms with E-state index in [9.17, 15) is 14.9 Å². The van der Waals surface area contributed by atoms with Gasteiger partial charge in [-0.25, -0.2) is 4.99 Å². The maximum Gasteiger partial charge on any atom is 0.288 e. The molecule has 7 nitrogen and oxygen atoms in total. The lowest BCUT2D eigenvalue weighted by molar-refractivity contribution is -0.384. The number of aliphatic imine (C=N–C) groups is 1. The van der Waals surface area contributed by atoms with Crippen LogP contribution in [0.5, 0.6) is 0 Å². The van der Waals surface area contributed by atoms with E-state index in [0.717, 1.165) is 12.1 Å². The molecule has 1 amide bonds. The minimum absolute atomic E-state index is 0.0622. The summed E-state index contributed by atoms with van der Waals surface area (Å²) in [6, 6.07) is 13.6. The Hall–Kier alpha value is -3.07. The highest BCUT2D eigenvalue weighted by Gasteiger charge is 2.25. The second kappa shape index (κ2) is 9.20. The van der Waals surface area contributed by atoms with Crippen LogP contribution in [0.25, 0.3) is 17.4 Å². The molecule has 0 saturated carbocycles. The largest absolute Gasteiger partial charge is 0.457 e. The molecule has 1 aromatic heterocycles. The number of nitrogens with one attached hydrogen (secondary N) is 1. The zero-order chi connectivity index (χ0) is 22.8. The Morgan fingerprint density at radius 2 is 1.91 bits per heavy atom. The molecule has 0 bridgehead atoms. The molecule has 2 heterocycles. The van der Waals surface area contributed by atoms with Gasteiger partial charge in [-0.3, -0.25) is 14.9 Å². The number of nitro benzene ring substituents is 1. The van der Waals surface area contributed by atoms with Crippen LogP contribution < -0.4 is 5.32 Å². The van der Waals surface area contributed by atoms with Gasteiger partial charge in [0.2, 0.25) is 0 Å². The van der Waals surface area contributed by atoms with Crippen LogP contribution in [-0.4, -0.2) is 16.0 Å². The van der Waals surface area contributed by atoms with Crippen molar-refractivity contribution >= 4 is 63.5 Å². The Morgan fingerprint density at radius 1 is 1.16 bits per heavy atom. The van der Waals surface area contributed by atoms with E-state index < -0.39 is 4.92 Å². The van der Waals surface area contributed by atoms with Gasteiger partial charge >= 0.3 is 0 Å². The summed E-state index contributed by atoms with van der Waals surface area (Å²) in [7, 11) is 0. The molecule has 0 unspecified atom stereocenters. The smallest absolute Gasteiger partial charge is 0.288 e. The number of amides is 1. The van der Waals surface area contributed by atoms with Crippen molar-refractivity contribution in [3.63, 3.8) is 0 Å². The van der Waals surface area contributed by atoms with Crippen LogP contribution in [0.1, 0.15) is 18.2 Å². The van der Waals surface area contributed by atoms with Crippen LogP contribution in [0.3, 0.4) is 0 Å². The normalized spacial score (nSPS) is 16.0. The van der Waals surface area contributed by atoms with Gasteiger partial charge in [-0.2, -0.15) is 0 Å². The molecule has 1 fully saturated rings. The summed E-state index contributed by atoms with van der Waals surface area (Å²) in [6.07, 6.45) is 2.51. The Bertz CT molecular complexity index is 1280. The Morgan fingerprint density at radius 3 is 2.59 bits per heavy atom. The zero-order valence-electron chi connectivity index (χ0n) is 16.6. The van der Waals surface area contributed by atoms with Gasteiger partial charge in [0.25, 0.3) is 11.6 Å². The van der Waals surface area contributed by atoms with Gasteiger partial charge in [0, 0.05) is 17.7 Å². The average Bonchev–Trinajstić information content (AvgIpc) is 3.35. The maximum atomic E-state index is 12.3. The standard InChI is InChI=1S/C22H15Cl2N3O4S/c1-2-12-3-5-13(6-4-12)25-22-26-21(28)20(32-22)9-14-7-8-19(31-14)15-10-18(27(29)30)17(24)11-16(15)23/h3-11H,2H2,1H3,(H,25,26,28)/b20-9-. The monoisotopic (exact) mass is 487 g/mol.